The Morgan fingerprint density at radius 3 is 2.73 bits per heavy atom. The van der Waals surface area contributed by atoms with Gasteiger partial charge in [-0.05, 0) is 43.7 Å². The maximum atomic E-state index is 12.7. The molecule has 0 aromatic heterocycles. The molecule has 0 saturated heterocycles. The number of hydrogen-bond donors (Lipinski definition) is 2. The highest BCUT2D eigenvalue weighted by atomic mass is 127. The molecule has 0 amide bonds. The van der Waals surface area contributed by atoms with Crippen LogP contribution in [-0.4, -0.2) is 37.1 Å². The van der Waals surface area contributed by atoms with Crippen molar-refractivity contribution in [1.82, 2.24) is 10.6 Å². The second-order valence-electron chi connectivity index (χ2n) is 5.82. The van der Waals surface area contributed by atoms with E-state index >= 15 is 0 Å². The lowest BCUT2D eigenvalue weighted by molar-refractivity contribution is -0.137. The van der Waals surface area contributed by atoms with Gasteiger partial charge in [-0.15, -0.1) is 24.0 Å². The smallest absolute Gasteiger partial charge is 0.354 e. The summed E-state index contributed by atoms with van der Waals surface area (Å²) in [5, 5.41) is 7.14. The normalized spacial score (nSPS) is 20.0. The minimum absolute atomic E-state index is 0. The Hall–Kier alpha value is -1.08. The van der Waals surface area contributed by atoms with Crippen molar-refractivity contribution < 1.29 is 13.2 Å². The van der Waals surface area contributed by atoms with E-state index in [0.29, 0.717) is 29.4 Å². The summed E-state index contributed by atoms with van der Waals surface area (Å²) < 4.78 is 38.0. The number of nitrogens with zero attached hydrogens (tertiary/aromatic N) is 1. The van der Waals surface area contributed by atoms with E-state index < -0.39 is 11.7 Å². The van der Waals surface area contributed by atoms with E-state index in [9.17, 15) is 13.2 Å². The van der Waals surface area contributed by atoms with Crippen molar-refractivity contribution in [3.8, 4) is 11.8 Å². The molecular weight excluding hydrogens is 474 g/mol. The quantitative estimate of drug-likeness (QED) is 0.286. The van der Waals surface area contributed by atoms with Gasteiger partial charge in [0.15, 0.2) is 5.96 Å². The molecule has 3 nitrogen and oxygen atoms in total. The van der Waals surface area contributed by atoms with Crippen molar-refractivity contribution in [1.29, 1.82) is 0 Å². The predicted octanol–water partition coefficient (Wildman–Crippen LogP) is 4.12. The lowest BCUT2D eigenvalue weighted by Gasteiger charge is -2.16. The molecule has 1 aromatic rings. The molecular formula is C18H23F3IN3S. The van der Waals surface area contributed by atoms with Gasteiger partial charge in [0.05, 0.1) is 12.1 Å². The zero-order valence-electron chi connectivity index (χ0n) is 14.7. The number of hydrogen-bond acceptors (Lipinski definition) is 2. The maximum absolute atomic E-state index is 12.7. The number of guanidine groups is 1. The number of thioether (sulfide) groups is 1. The van der Waals surface area contributed by atoms with E-state index in [0.717, 1.165) is 25.0 Å². The Bertz CT molecular complexity index is 668. The Kier molecular flexibility index (Phi) is 9.64. The first-order chi connectivity index (χ1) is 11.9. The SMILES string of the molecule is CN=C(NCC#Cc1cccc(C(F)(F)F)c1)NC1CCC(SC)C1.I. The number of rotatable bonds is 3. The molecule has 2 unspecified atom stereocenters. The minimum Gasteiger partial charge on any atom is -0.354 e. The standard InChI is InChI=1S/C18H22F3N3S.HI/c1-22-17(24-15-8-9-16(12-15)25-2)23-10-4-6-13-5-3-7-14(11-13)18(19,20)21;/h3,5,7,11,15-16H,8-10,12H2,1-2H3,(H2,22,23,24);1H. The van der Waals surface area contributed by atoms with Crippen LogP contribution in [0, 0.1) is 11.8 Å². The first-order valence-electron chi connectivity index (χ1n) is 8.08. The highest BCUT2D eigenvalue weighted by molar-refractivity contribution is 14.0. The summed E-state index contributed by atoms with van der Waals surface area (Å²) in [6.45, 7) is 0.314. The zero-order chi connectivity index (χ0) is 18.3. The summed E-state index contributed by atoms with van der Waals surface area (Å²) in [7, 11) is 1.69. The van der Waals surface area contributed by atoms with E-state index in [4.69, 9.17) is 0 Å². The van der Waals surface area contributed by atoms with E-state index in [2.05, 4.69) is 33.7 Å². The van der Waals surface area contributed by atoms with E-state index in [1.54, 1.807) is 13.1 Å². The van der Waals surface area contributed by atoms with Crippen LogP contribution in [0.25, 0.3) is 0 Å². The molecule has 1 saturated carbocycles. The average Bonchev–Trinajstić information content (AvgIpc) is 3.04. The first-order valence-corrected chi connectivity index (χ1v) is 9.37. The molecule has 0 aliphatic heterocycles. The summed E-state index contributed by atoms with van der Waals surface area (Å²) in [6.07, 6.45) is 1.20. The second-order valence-corrected chi connectivity index (χ2v) is 6.96. The predicted molar refractivity (Wildman–Crippen MR) is 113 cm³/mol. The zero-order valence-corrected chi connectivity index (χ0v) is 17.8. The topological polar surface area (TPSA) is 36.4 Å². The molecule has 0 heterocycles. The van der Waals surface area contributed by atoms with Crippen LogP contribution < -0.4 is 10.6 Å². The molecule has 1 aliphatic carbocycles. The molecule has 8 heteroatoms. The van der Waals surface area contributed by atoms with Gasteiger partial charge in [-0.25, -0.2) is 0 Å². The molecule has 0 radical (unpaired) electrons. The summed E-state index contributed by atoms with van der Waals surface area (Å²) in [5.41, 5.74) is -0.340. The van der Waals surface area contributed by atoms with Gasteiger partial charge in [0.25, 0.3) is 0 Å². The molecule has 2 N–H and O–H groups in total. The van der Waals surface area contributed by atoms with Gasteiger partial charge in [0.2, 0.25) is 0 Å². The van der Waals surface area contributed by atoms with Crippen molar-refractivity contribution in [3.05, 3.63) is 35.4 Å². The van der Waals surface area contributed by atoms with Crippen LogP contribution in [0.2, 0.25) is 0 Å². The number of aliphatic imine (C=N–C) groups is 1. The van der Waals surface area contributed by atoms with Crippen molar-refractivity contribution in [2.75, 3.05) is 19.8 Å². The van der Waals surface area contributed by atoms with Crippen LogP contribution in [0.4, 0.5) is 13.2 Å². The monoisotopic (exact) mass is 497 g/mol. The Balaban J connectivity index is 0.00000338. The molecule has 1 aliphatic rings. The van der Waals surface area contributed by atoms with Gasteiger partial charge in [0.1, 0.15) is 0 Å². The number of nitrogens with one attached hydrogen (secondary N) is 2. The second kappa shape index (κ2) is 10.9. The lowest BCUT2D eigenvalue weighted by atomic mass is 10.1. The summed E-state index contributed by atoms with van der Waals surface area (Å²) >= 11 is 1.89. The molecule has 0 spiro atoms. The van der Waals surface area contributed by atoms with Crippen molar-refractivity contribution >= 4 is 41.7 Å². The molecule has 2 rings (SSSR count). The van der Waals surface area contributed by atoms with Crippen LogP contribution in [-0.2, 0) is 6.18 Å². The fourth-order valence-corrected chi connectivity index (χ4v) is 3.52. The van der Waals surface area contributed by atoms with Crippen LogP contribution in [0.5, 0.6) is 0 Å². The molecule has 26 heavy (non-hydrogen) atoms. The van der Waals surface area contributed by atoms with Crippen molar-refractivity contribution in [3.63, 3.8) is 0 Å². The summed E-state index contributed by atoms with van der Waals surface area (Å²) in [6, 6.07) is 5.43. The molecule has 0 bridgehead atoms. The average molecular weight is 497 g/mol. The minimum atomic E-state index is -4.35. The molecule has 144 valence electrons. The maximum Gasteiger partial charge on any atom is 0.416 e. The largest absolute Gasteiger partial charge is 0.416 e. The van der Waals surface area contributed by atoms with Gasteiger partial charge >= 0.3 is 6.18 Å². The van der Waals surface area contributed by atoms with Crippen molar-refractivity contribution in [2.24, 2.45) is 4.99 Å². The van der Waals surface area contributed by atoms with Crippen LogP contribution >= 0.6 is 35.7 Å². The van der Waals surface area contributed by atoms with Crippen molar-refractivity contribution in [2.45, 2.75) is 36.7 Å². The van der Waals surface area contributed by atoms with Crippen LogP contribution in [0.3, 0.4) is 0 Å². The third kappa shape index (κ3) is 7.27. The van der Waals surface area contributed by atoms with E-state index in [1.807, 2.05) is 11.8 Å². The Morgan fingerprint density at radius 1 is 1.35 bits per heavy atom. The highest BCUT2D eigenvalue weighted by Crippen LogP contribution is 2.29. The first kappa shape index (κ1) is 23.0. The van der Waals surface area contributed by atoms with Crippen LogP contribution in [0.15, 0.2) is 29.3 Å². The number of alkyl halides is 3. The van der Waals surface area contributed by atoms with Gasteiger partial charge in [-0.2, -0.15) is 24.9 Å². The van der Waals surface area contributed by atoms with E-state index in [1.165, 1.54) is 12.5 Å². The van der Waals surface area contributed by atoms with E-state index in [-0.39, 0.29) is 24.0 Å². The number of halogens is 4. The fraction of sp³-hybridized carbons (Fsp3) is 0.500. The summed E-state index contributed by atoms with van der Waals surface area (Å²) in [4.78, 5) is 4.16. The Morgan fingerprint density at radius 2 is 2.12 bits per heavy atom. The summed E-state index contributed by atoms with van der Waals surface area (Å²) in [5.74, 6) is 6.26. The molecule has 1 aromatic carbocycles. The lowest BCUT2D eigenvalue weighted by Crippen LogP contribution is -2.42. The van der Waals surface area contributed by atoms with Gasteiger partial charge in [-0.1, -0.05) is 17.9 Å². The highest BCUT2D eigenvalue weighted by Gasteiger charge is 2.30. The van der Waals surface area contributed by atoms with Gasteiger partial charge in [-0.3, -0.25) is 4.99 Å². The van der Waals surface area contributed by atoms with Gasteiger partial charge in [0, 0.05) is 23.9 Å². The Labute approximate surface area is 174 Å². The molecule has 2 atom stereocenters. The third-order valence-electron chi connectivity index (χ3n) is 4.05. The van der Waals surface area contributed by atoms with Gasteiger partial charge < -0.3 is 10.6 Å². The number of benzene rings is 1. The van der Waals surface area contributed by atoms with Crippen LogP contribution in [0.1, 0.15) is 30.4 Å². The fourth-order valence-electron chi connectivity index (χ4n) is 2.72. The molecule has 1 fully saturated rings. The third-order valence-corrected chi connectivity index (χ3v) is 5.14.